The van der Waals surface area contributed by atoms with Crippen LogP contribution in [0.4, 0.5) is 0 Å². The molecule has 0 aromatic carbocycles. The minimum absolute atomic E-state index is 0.0761. The summed E-state index contributed by atoms with van der Waals surface area (Å²) in [5.74, 6) is -0.697. The van der Waals surface area contributed by atoms with E-state index in [2.05, 4.69) is 4.72 Å². The van der Waals surface area contributed by atoms with E-state index in [1.807, 2.05) is 6.92 Å². The number of hydrogen-bond acceptors (Lipinski definition) is 3. The monoisotopic (exact) mass is 234 g/mol. The van der Waals surface area contributed by atoms with Crippen LogP contribution in [0.2, 0.25) is 0 Å². The summed E-state index contributed by atoms with van der Waals surface area (Å²) >= 11 is 0. The second-order valence-electron chi connectivity index (χ2n) is 4.03. The van der Waals surface area contributed by atoms with E-state index < -0.39 is 16.1 Å². The molecule has 1 aliphatic carbocycles. The van der Waals surface area contributed by atoms with Crippen molar-refractivity contribution in [2.45, 2.75) is 39.2 Å². The predicted molar refractivity (Wildman–Crippen MR) is 57.3 cm³/mol. The minimum atomic E-state index is -3.62. The highest BCUT2D eigenvalue weighted by Gasteiger charge is 2.35. The molecule has 0 heterocycles. The average Bonchev–Trinajstić information content (AvgIpc) is 2.97. The van der Waals surface area contributed by atoms with E-state index in [0.29, 0.717) is 6.42 Å². The summed E-state index contributed by atoms with van der Waals surface area (Å²) in [6, 6.07) is 0.0761. The standard InChI is InChI=1S/C9H18N2O3S/c1-4-7(2)9(12)10-15(13,14)11(3)8-5-6-8/h7-8H,4-6H2,1-3H3,(H,10,12). The van der Waals surface area contributed by atoms with Crippen LogP contribution in [-0.2, 0) is 15.0 Å². The SMILES string of the molecule is CCC(C)C(=O)NS(=O)(=O)N(C)C1CC1. The molecule has 0 aromatic rings. The molecule has 1 aliphatic rings. The van der Waals surface area contributed by atoms with E-state index in [1.54, 1.807) is 6.92 Å². The Morgan fingerprint density at radius 1 is 1.53 bits per heavy atom. The fraction of sp³-hybridized carbons (Fsp3) is 0.889. The molecule has 1 N–H and O–H groups in total. The normalized spacial score (nSPS) is 18.9. The number of hydrogen-bond donors (Lipinski definition) is 1. The maximum atomic E-state index is 11.6. The quantitative estimate of drug-likeness (QED) is 0.752. The van der Waals surface area contributed by atoms with Crippen LogP contribution in [0.1, 0.15) is 33.1 Å². The first-order valence-electron chi connectivity index (χ1n) is 5.18. The number of carbonyl (C=O) groups excluding carboxylic acids is 1. The molecule has 1 amide bonds. The van der Waals surface area contributed by atoms with Gasteiger partial charge in [-0.3, -0.25) is 4.79 Å². The van der Waals surface area contributed by atoms with Crippen molar-refractivity contribution in [3.8, 4) is 0 Å². The lowest BCUT2D eigenvalue weighted by atomic mass is 10.1. The molecule has 0 saturated heterocycles. The second kappa shape index (κ2) is 4.49. The molecule has 0 bridgehead atoms. The van der Waals surface area contributed by atoms with Crippen LogP contribution in [0.3, 0.4) is 0 Å². The smallest absolute Gasteiger partial charge is 0.274 e. The van der Waals surface area contributed by atoms with Gasteiger partial charge in [-0.05, 0) is 19.3 Å². The van der Waals surface area contributed by atoms with Gasteiger partial charge in [0.15, 0.2) is 0 Å². The fourth-order valence-electron chi connectivity index (χ4n) is 1.12. The van der Waals surface area contributed by atoms with Crippen molar-refractivity contribution in [3.05, 3.63) is 0 Å². The fourth-order valence-corrected chi connectivity index (χ4v) is 2.32. The van der Waals surface area contributed by atoms with Crippen molar-refractivity contribution in [2.75, 3.05) is 7.05 Å². The van der Waals surface area contributed by atoms with Gasteiger partial charge in [-0.1, -0.05) is 13.8 Å². The number of carbonyl (C=O) groups is 1. The highest BCUT2D eigenvalue weighted by molar-refractivity contribution is 7.87. The van der Waals surface area contributed by atoms with Crippen LogP contribution >= 0.6 is 0 Å². The van der Waals surface area contributed by atoms with Crippen LogP contribution in [-0.4, -0.2) is 31.7 Å². The predicted octanol–water partition coefficient (Wildman–Crippen LogP) is 0.488. The first-order valence-corrected chi connectivity index (χ1v) is 6.62. The van der Waals surface area contributed by atoms with Gasteiger partial charge in [0, 0.05) is 19.0 Å². The Hall–Kier alpha value is -0.620. The molecule has 0 aromatic heterocycles. The Morgan fingerprint density at radius 3 is 2.47 bits per heavy atom. The van der Waals surface area contributed by atoms with Crippen LogP contribution in [0.15, 0.2) is 0 Å². The van der Waals surface area contributed by atoms with Crippen LogP contribution < -0.4 is 4.72 Å². The third-order valence-corrected chi connectivity index (χ3v) is 4.25. The van der Waals surface area contributed by atoms with Gasteiger partial charge >= 0.3 is 10.2 Å². The van der Waals surface area contributed by atoms with E-state index in [-0.39, 0.29) is 12.0 Å². The van der Waals surface area contributed by atoms with Crippen LogP contribution in [0.5, 0.6) is 0 Å². The van der Waals surface area contributed by atoms with Gasteiger partial charge in [0.1, 0.15) is 0 Å². The molecular formula is C9H18N2O3S. The summed E-state index contributed by atoms with van der Waals surface area (Å²) in [5, 5.41) is 0. The van der Waals surface area contributed by atoms with Crippen molar-refractivity contribution in [1.29, 1.82) is 0 Å². The zero-order valence-corrected chi connectivity index (χ0v) is 10.2. The second-order valence-corrected chi connectivity index (χ2v) is 5.76. The molecule has 1 unspecified atom stereocenters. The Bertz CT molecular complexity index is 335. The summed E-state index contributed by atoms with van der Waals surface area (Å²) in [6.07, 6.45) is 2.40. The first kappa shape index (κ1) is 12.4. The lowest BCUT2D eigenvalue weighted by Gasteiger charge is -2.18. The zero-order chi connectivity index (χ0) is 11.6. The third kappa shape index (κ3) is 3.17. The molecule has 15 heavy (non-hydrogen) atoms. The van der Waals surface area contributed by atoms with Crippen molar-refractivity contribution in [3.63, 3.8) is 0 Å². The van der Waals surface area contributed by atoms with Gasteiger partial charge in [-0.25, -0.2) is 4.72 Å². The third-order valence-electron chi connectivity index (χ3n) is 2.73. The van der Waals surface area contributed by atoms with E-state index in [4.69, 9.17) is 0 Å². The number of nitrogens with one attached hydrogen (secondary N) is 1. The van der Waals surface area contributed by atoms with Crippen molar-refractivity contribution in [2.24, 2.45) is 5.92 Å². The Kier molecular flexibility index (Phi) is 3.72. The van der Waals surface area contributed by atoms with Gasteiger partial charge in [0.2, 0.25) is 5.91 Å². The maximum Gasteiger partial charge on any atom is 0.303 e. The molecule has 0 spiro atoms. The van der Waals surface area contributed by atoms with E-state index in [9.17, 15) is 13.2 Å². The van der Waals surface area contributed by atoms with Crippen molar-refractivity contribution >= 4 is 16.1 Å². The number of amides is 1. The Balaban J connectivity index is 2.59. The summed E-state index contributed by atoms with van der Waals surface area (Å²) in [7, 11) is -2.11. The molecule has 1 rings (SSSR count). The summed E-state index contributed by atoms with van der Waals surface area (Å²) < 4.78 is 26.6. The number of nitrogens with zero attached hydrogens (tertiary/aromatic N) is 1. The molecule has 6 heteroatoms. The highest BCUT2D eigenvalue weighted by atomic mass is 32.2. The molecule has 88 valence electrons. The van der Waals surface area contributed by atoms with Gasteiger partial charge < -0.3 is 0 Å². The van der Waals surface area contributed by atoms with Crippen LogP contribution in [0.25, 0.3) is 0 Å². The summed E-state index contributed by atoms with van der Waals surface area (Å²) in [6.45, 7) is 3.56. The largest absolute Gasteiger partial charge is 0.303 e. The van der Waals surface area contributed by atoms with Crippen molar-refractivity contribution < 1.29 is 13.2 Å². The van der Waals surface area contributed by atoms with Gasteiger partial charge in [-0.2, -0.15) is 12.7 Å². The van der Waals surface area contributed by atoms with Gasteiger partial charge in [-0.15, -0.1) is 0 Å². The molecule has 0 radical (unpaired) electrons. The number of rotatable bonds is 5. The summed E-state index contributed by atoms with van der Waals surface area (Å²) in [5.41, 5.74) is 0. The highest BCUT2D eigenvalue weighted by Crippen LogP contribution is 2.27. The maximum absolute atomic E-state index is 11.6. The average molecular weight is 234 g/mol. The molecular weight excluding hydrogens is 216 g/mol. The minimum Gasteiger partial charge on any atom is -0.274 e. The lowest BCUT2D eigenvalue weighted by molar-refractivity contribution is -0.122. The molecule has 5 nitrogen and oxygen atoms in total. The molecule has 0 aliphatic heterocycles. The van der Waals surface area contributed by atoms with E-state index in [1.165, 1.54) is 11.4 Å². The van der Waals surface area contributed by atoms with E-state index in [0.717, 1.165) is 12.8 Å². The summed E-state index contributed by atoms with van der Waals surface area (Å²) in [4.78, 5) is 11.4. The lowest BCUT2D eigenvalue weighted by Crippen LogP contribution is -2.44. The van der Waals surface area contributed by atoms with Crippen LogP contribution in [0, 0.1) is 5.92 Å². The van der Waals surface area contributed by atoms with E-state index >= 15 is 0 Å². The first-order chi connectivity index (χ1) is 6.88. The molecule has 1 atom stereocenters. The van der Waals surface area contributed by atoms with Gasteiger partial charge in [0.25, 0.3) is 0 Å². The Morgan fingerprint density at radius 2 is 2.07 bits per heavy atom. The molecule has 1 saturated carbocycles. The van der Waals surface area contributed by atoms with Gasteiger partial charge in [0.05, 0.1) is 0 Å². The zero-order valence-electron chi connectivity index (χ0n) is 9.36. The van der Waals surface area contributed by atoms with Crippen molar-refractivity contribution in [1.82, 2.24) is 9.03 Å². The topological polar surface area (TPSA) is 66.5 Å². The Labute approximate surface area is 91.0 Å². The molecule has 1 fully saturated rings.